The van der Waals surface area contributed by atoms with Gasteiger partial charge in [-0.25, -0.2) is 0 Å². The smallest absolute Gasteiger partial charge is 0.105 e. The lowest BCUT2D eigenvalue weighted by atomic mass is 10.2. The van der Waals surface area contributed by atoms with Gasteiger partial charge in [0.15, 0.2) is 0 Å². The first kappa shape index (κ1) is 12.5. The lowest BCUT2D eigenvalue weighted by molar-refractivity contribution is 0.498. The van der Waals surface area contributed by atoms with Crippen molar-refractivity contribution in [1.29, 1.82) is 0 Å². The van der Waals surface area contributed by atoms with Crippen LogP contribution in [0.4, 0.5) is 5.69 Å². The minimum atomic E-state index is 0.274. The lowest BCUT2D eigenvalue weighted by Crippen LogP contribution is -2.18. The summed E-state index contributed by atoms with van der Waals surface area (Å²) in [5, 5.41) is 4.12. The fourth-order valence-electron chi connectivity index (χ4n) is 1.66. The summed E-state index contributed by atoms with van der Waals surface area (Å²) in [5.74, 6) is 0.975. The molecular weight excluding hydrogens is 302 g/mol. The number of hydrogen-bond donors (Lipinski definition) is 1. The maximum absolute atomic E-state index is 5.96. The first-order valence-electron chi connectivity index (χ1n) is 5.39. The number of benzene rings is 1. The minimum Gasteiger partial charge on any atom is -0.469 e. The van der Waals surface area contributed by atoms with E-state index in [1.807, 2.05) is 30.3 Å². The van der Waals surface area contributed by atoms with Crippen molar-refractivity contribution in [2.24, 2.45) is 0 Å². The molecule has 0 aliphatic heterocycles. The molecule has 1 unspecified atom stereocenters. The summed E-state index contributed by atoms with van der Waals surface area (Å²) in [5.41, 5.74) is 0.997. The molecule has 1 aromatic heterocycles. The Bertz CT molecular complexity index is 484. The standard InChI is InChI=1S/C13H13BrClNO/c1-9(7-11-3-2-6-17-11)16-13-8-10(15)4-5-12(13)14/h2-6,8-9,16H,7H2,1H3. The van der Waals surface area contributed by atoms with Crippen molar-refractivity contribution in [3.63, 3.8) is 0 Å². The SMILES string of the molecule is CC(Cc1ccco1)Nc1cc(Cl)ccc1Br. The molecule has 0 saturated heterocycles. The second-order valence-electron chi connectivity index (χ2n) is 3.95. The van der Waals surface area contributed by atoms with Crippen LogP contribution in [0.1, 0.15) is 12.7 Å². The summed E-state index contributed by atoms with van der Waals surface area (Å²) in [6, 6.07) is 9.85. The highest BCUT2D eigenvalue weighted by Gasteiger charge is 2.08. The highest BCUT2D eigenvalue weighted by molar-refractivity contribution is 9.10. The molecule has 4 heteroatoms. The number of hydrogen-bond acceptors (Lipinski definition) is 2. The molecule has 90 valence electrons. The van der Waals surface area contributed by atoms with Crippen LogP contribution in [0.15, 0.2) is 45.5 Å². The van der Waals surface area contributed by atoms with Crippen LogP contribution >= 0.6 is 27.5 Å². The third-order valence-electron chi connectivity index (χ3n) is 2.42. The summed E-state index contributed by atoms with van der Waals surface area (Å²) < 4.78 is 6.33. The topological polar surface area (TPSA) is 25.2 Å². The summed E-state index contributed by atoms with van der Waals surface area (Å²) in [6.07, 6.45) is 2.53. The monoisotopic (exact) mass is 313 g/mol. The molecule has 2 nitrogen and oxygen atoms in total. The van der Waals surface area contributed by atoms with E-state index in [0.717, 1.165) is 27.4 Å². The van der Waals surface area contributed by atoms with Gasteiger partial charge in [-0.05, 0) is 53.2 Å². The highest BCUT2D eigenvalue weighted by atomic mass is 79.9. The van der Waals surface area contributed by atoms with E-state index >= 15 is 0 Å². The summed E-state index contributed by atoms with van der Waals surface area (Å²) in [7, 11) is 0. The molecule has 0 spiro atoms. The Morgan fingerprint density at radius 3 is 2.94 bits per heavy atom. The van der Waals surface area contributed by atoms with Crippen molar-refractivity contribution in [2.45, 2.75) is 19.4 Å². The molecule has 0 saturated carbocycles. The number of furan rings is 1. The van der Waals surface area contributed by atoms with Gasteiger partial charge in [0.25, 0.3) is 0 Å². The van der Waals surface area contributed by atoms with Crippen molar-refractivity contribution >= 4 is 33.2 Å². The van der Waals surface area contributed by atoms with Crippen LogP contribution < -0.4 is 5.32 Å². The molecule has 0 fully saturated rings. The summed E-state index contributed by atoms with van der Waals surface area (Å²) in [6.45, 7) is 2.11. The van der Waals surface area contributed by atoms with Gasteiger partial charge in [0.05, 0.1) is 12.0 Å². The molecule has 17 heavy (non-hydrogen) atoms. The fourth-order valence-corrected chi connectivity index (χ4v) is 2.19. The van der Waals surface area contributed by atoms with Crippen LogP contribution in [0, 0.1) is 0 Å². The molecule has 1 heterocycles. The van der Waals surface area contributed by atoms with Crippen LogP contribution in [0.3, 0.4) is 0 Å². The fraction of sp³-hybridized carbons (Fsp3) is 0.231. The van der Waals surface area contributed by atoms with Crippen molar-refractivity contribution < 1.29 is 4.42 Å². The van der Waals surface area contributed by atoms with Crippen LogP contribution in [0.25, 0.3) is 0 Å². The average molecular weight is 315 g/mol. The highest BCUT2D eigenvalue weighted by Crippen LogP contribution is 2.26. The zero-order valence-electron chi connectivity index (χ0n) is 9.41. The van der Waals surface area contributed by atoms with E-state index in [9.17, 15) is 0 Å². The van der Waals surface area contributed by atoms with Crippen molar-refractivity contribution in [3.05, 3.63) is 51.9 Å². The predicted molar refractivity (Wildman–Crippen MR) is 74.6 cm³/mol. The Morgan fingerprint density at radius 2 is 2.24 bits per heavy atom. The molecule has 1 aromatic carbocycles. The van der Waals surface area contributed by atoms with E-state index in [4.69, 9.17) is 16.0 Å². The quantitative estimate of drug-likeness (QED) is 0.882. The lowest BCUT2D eigenvalue weighted by Gasteiger charge is -2.15. The van der Waals surface area contributed by atoms with E-state index < -0.39 is 0 Å². The maximum atomic E-state index is 5.96. The number of nitrogens with one attached hydrogen (secondary N) is 1. The van der Waals surface area contributed by atoms with Crippen LogP contribution in [-0.2, 0) is 6.42 Å². The molecule has 0 aliphatic rings. The van der Waals surface area contributed by atoms with E-state index in [1.54, 1.807) is 6.26 Å². The molecule has 0 aliphatic carbocycles. The molecule has 0 bridgehead atoms. The molecule has 1 atom stereocenters. The molecule has 1 N–H and O–H groups in total. The molecular formula is C13H13BrClNO. The van der Waals surface area contributed by atoms with Gasteiger partial charge in [-0.2, -0.15) is 0 Å². The van der Waals surface area contributed by atoms with E-state index in [0.29, 0.717) is 0 Å². The zero-order chi connectivity index (χ0) is 12.3. The van der Waals surface area contributed by atoms with Crippen LogP contribution in [0.2, 0.25) is 5.02 Å². The normalized spacial score (nSPS) is 12.4. The average Bonchev–Trinajstić information content (AvgIpc) is 2.76. The predicted octanol–water partition coefficient (Wildman–Crippen LogP) is 4.74. The third kappa shape index (κ3) is 3.51. The summed E-state index contributed by atoms with van der Waals surface area (Å²) in [4.78, 5) is 0. The van der Waals surface area contributed by atoms with Gasteiger partial charge in [0, 0.05) is 22.0 Å². The number of anilines is 1. The largest absolute Gasteiger partial charge is 0.469 e. The van der Waals surface area contributed by atoms with Gasteiger partial charge in [-0.1, -0.05) is 11.6 Å². The number of rotatable bonds is 4. The van der Waals surface area contributed by atoms with Gasteiger partial charge in [0.1, 0.15) is 5.76 Å². The molecule has 2 aromatic rings. The summed E-state index contributed by atoms with van der Waals surface area (Å²) >= 11 is 9.46. The molecule has 2 rings (SSSR count). The Hall–Kier alpha value is -0.930. The first-order valence-corrected chi connectivity index (χ1v) is 6.56. The Balaban J connectivity index is 2.02. The molecule has 0 radical (unpaired) electrons. The van der Waals surface area contributed by atoms with Gasteiger partial charge >= 0.3 is 0 Å². The van der Waals surface area contributed by atoms with Crippen molar-refractivity contribution in [1.82, 2.24) is 0 Å². The molecule has 0 amide bonds. The van der Waals surface area contributed by atoms with Crippen LogP contribution in [0.5, 0.6) is 0 Å². The van der Waals surface area contributed by atoms with Crippen molar-refractivity contribution in [3.8, 4) is 0 Å². The van der Waals surface area contributed by atoms with Gasteiger partial charge in [0.2, 0.25) is 0 Å². The Morgan fingerprint density at radius 1 is 1.41 bits per heavy atom. The van der Waals surface area contributed by atoms with Gasteiger partial charge in [-0.3, -0.25) is 0 Å². The Kier molecular flexibility index (Phi) is 4.13. The van der Waals surface area contributed by atoms with Crippen molar-refractivity contribution in [2.75, 3.05) is 5.32 Å². The van der Waals surface area contributed by atoms with E-state index in [-0.39, 0.29) is 6.04 Å². The van der Waals surface area contributed by atoms with Gasteiger partial charge < -0.3 is 9.73 Å². The Labute approximate surface area is 114 Å². The number of halogens is 2. The third-order valence-corrected chi connectivity index (χ3v) is 3.34. The van der Waals surface area contributed by atoms with E-state index in [1.165, 1.54) is 0 Å². The second kappa shape index (κ2) is 5.61. The van der Waals surface area contributed by atoms with Crippen LogP contribution in [-0.4, -0.2) is 6.04 Å². The second-order valence-corrected chi connectivity index (χ2v) is 5.24. The maximum Gasteiger partial charge on any atom is 0.105 e. The van der Waals surface area contributed by atoms with Gasteiger partial charge in [-0.15, -0.1) is 0 Å². The first-order chi connectivity index (χ1) is 8.15. The zero-order valence-corrected chi connectivity index (χ0v) is 11.8. The minimum absolute atomic E-state index is 0.274. The van der Waals surface area contributed by atoms with E-state index in [2.05, 4.69) is 28.2 Å².